The first-order valence-corrected chi connectivity index (χ1v) is 13.3. The standard InChI is InChI=1S/C27H34F2N4O4/c28-17-8-9-20(22(29)13-17)25-14-24(32-37-25)27(35)31-23-10-11-33(18-5-2-1-3-6-18)16-21(23)26(34)30-15-19-7-4-12-36-19/h8-9,13-14,18-19,21,23H,1-7,10-12,15-16H2,(H,30,34)(H,31,35)/t19?,21-,23-/m1/s1. The lowest BCUT2D eigenvalue weighted by Crippen LogP contribution is -2.58. The number of nitrogens with one attached hydrogen (secondary N) is 2. The van der Waals surface area contributed by atoms with Gasteiger partial charge < -0.3 is 19.9 Å². The van der Waals surface area contributed by atoms with Crippen LogP contribution in [0.25, 0.3) is 11.3 Å². The molecule has 200 valence electrons. The first-order valence-electron chi connectivity index (χ1n) is 13.3. The molecule has 8 nitrogen and oxygen atoms in total. The highest BCUT2D eigenvalue weighted by Gasteiger charge is 2.38. The number of aromatic nitrogens is 1. The fourth-order valence-electron chi connectivity index (χ4n) is 5.79. The van der Waals surface area contributed by atoms with Gasteiger partial charge in [0.15, 0.2) is 11.5 Å². The van der Waals surface area contributed by atoms with Gasteiger partial charge in [0.1, 0.15) is 11.6 Å². The second-order valence-corrected chi connectivity index (χ2v) is 10.3. The number of piperidine rings is 1. The zero-order chi connectivity index (χ0) is 25.8. The van der Waals surface area contributed by atoms with E-state index in [1.807, 2.05) is 0 Å². The zero-order valence-electron chi connectivity index (χ0n) is 20.9. The number of hydrogen-bond donors (Lipinski definition) is 2. The molecule has 2 saturated heterocycles. The number of benzene rings is 1. The molecule has 1 aromatic heterocycles. The largest absolute Gasteiger partial charge is 0.376 e. The quantitative estimate of drug-likeness (QED) is 0.583. The molecular formula is C27H34F2N4O4. The van der Waals surface area contributed by atoms with Crippen molar-refractivity contribution in [3.8, 4) is 11.3 Å². The van der Waals surface area contributed by atoms with E-state index >= 15 is 0 Å². The Morgan fingerprint density at radius 2 is 1.89 bits per heavy atom. The summed E-state index contributed by atoms with van der Waals surface area (Å²) in [6.45, 7) is 2.57. The van der Waals surface area contributed by atoms with E-state index in [2.05, 4.69) is 20.7 Å². The molecule has 10 heteroatoms. The Morgan fingerprint density at radius 3 is 2.65 bits per heavy atom. The third-order valence-electron chi connectivity index (χ3n) is 7.86. The van der Waals surface area contributed by atoms with Gasteiger partial charge in [0.05, 0.1) is 17.6 Å². The number of amides is 2. The molecule has 2 amide bonds. The highest BCUT2D eigenvalue weighted by Crippen LogP contribution is 2.29. The van der Waals surface area contributed by atoms with Crippen LogP contribution in [0.3, 0.4) is 0 Å². The predicted octanol–water partition coefficient (Wildman–Crippen LogP) is 3.67. The van der Waals surface area contributed by atoms with E-state index in [-0.39, 0.29) is 35.1 Å². The van der Waals surface area contributed by atoms with Crippen molar-refractivity contribution in [1.82, 2.24) is 20.7 Å². The van der Waals surface area contributed by atoms with Gasteiger partial charge in [0.25, 0.3) is 5.91 Å². The lowest BCUT2D eigenvalue weighted by atomic mass is 9.87. The number of ether oxygens (including phenoxy) is 1. The monoisotopic (exact) mass is 516 g/mol. The van der Waals surface area contributed by atoms with Crippen LogP contribution < -0.4 is 10.6 Å². The zero-order valence-corrected chi connectivity index (χ0v) is 20.9. The van der Waals surface area contributed by atoms with E-state index in [1.165, 1.54) is 31.4 Å². The minimum absolute atomic E-state index is 0.0140. The lowest BCUT2D eigenvalue weighted by molar-refractivity contribution is -0.128. The summed E-state index contributed by atoms with van der Waals surface area (Å²) in [5.41, 5.74) is -0.00734. The third kappa shape index (κ3) is 6.18. The Bertz CT molecular complexity index is 1100. The molecular weight excluding hydrogens is 482 g/mol. The maximum Gasteiger partial charge on any atom is 0.273 e. The minimum atomic E-state index is -0.804. The van der Waals surface area contributed by atoms with E-state index in [0.717, 1.165) is 51.0 Å². The van der Waals surface area contributed by atoms with Crippen LogP contribution in [0.5, 0.6) is 0 Å². The molecule has 5 rings (SSSR count). The second-order valence-electron chi connectivity index (χ2n) is 10.3. The fourth-order valence-corrected chi connectivity index (χ4v) is 5.79. The maximum absolute atomic E-state index is 14.1. The molecule has 1 aliphatic carbocycles. The Labute approximate surface area is 215 Å². The van der Waals surface area contributed by atoms with Crippen LogP contribution in [0.4, 0.5) is 8.78 Å². The summed E-state index contributed by atoms with van der Waals surface area (Å²) in [6, 6.07) is 4.53. The Hall–Kier alpha value is -2.85. The first-order chi connectivity index (χ1) is 18.0. The summed E-state index contributed by atoms with van der Waals surface area (Å²) >= 11 is 0. The van der Waals surface area contributed by atoms with Gasteiger partial charge in [-0.3, -0.25) is 14.5 Å². The van der Waals surface area contributed by atoms with Gasteiger partial charge in [-0.2, -0.15) is 0 Å². The first kappa shape index (κ1) is 25.8. The molecule has 3 heterocycles. The molecule has 37 heavy (non-hydrogen) atoms. The van der Waals surface area contributed by atoms with Gasteiger partial charge in [0.2, 0.25) is 5.91 Å². The predicted molar refractivity (Wildman–Crippen MR) is 132 cm³/mol. The molecule has 1 saturated carbocycles. The molecule has 2 N–H and O–H groups in total. The number of hydrogen-bond acceptors (Lipinski definition) is 6. The van der Waals surface area contributed by atoms with Crippen LogP contribution in [-0.4, -0.2) is 66.3 Å². The molecule has 0 radical (unpaired) electrons. The number of halogens is 2. The van der Waals surface area contributed by atoms with Gasteiger partial charge in [0, 0.05) is 50.5 Å². The summed E-state index contributed by atoms with van der Waals surface area (Å²) in [4.78, 5) is 28.8. The van der Waals surface area contributed by atoms with Crippen molar-refractivity contribution >= 4 is 11.8 Å². The molecule has 0 bridgehead atoms. The van der Waals surface area contributed by atoms with Crippen LogP contribution >= 0.6 is 0 Å². The number of nitrogens with zero attached hydrogens (tertiary/aromatic N) is 2. The van der Waals surface area contributed by atoms with Crippen LogP contribution in [-0.2, 0) is 9.53 Å². The van der Waals surface area contributed by atoms with Crippen molar-refractivity contribution < 1.29 is 27.6 Å². The fraction of sp³-hybridized carbons (Fsp3) is 0.593. The Balaban J connectivity index is 1.27. The number of carbonyl (C=O) groups is 2. The smallest absolute Gasteiger partial charge is 0.273 e. The van der Waals surface area contributed by atoms with E-state index in [4.69, 9.17) is 9.26 Å². The second kappa shape index (κ2) is 11.7. The van der Waals surface area contributed by atoms with Crippen LogP contribution in [0.2, 0.25) is 0 Å². The highest BCUT2D eigenvalue weighted by atomic mass is 19.1. The third-order valence-corrected chi connectivity index (χ3v) is 7.86. The molecule has 0 spiro atoms. The van der Waals surface area contributed by atoms with Gasteiger partial charge in [-0.05, 0) is 44.2 Å². The molecule has 1 aromatic carbocycles. The minimum Gasteiger partial charge on any atom is -0.376 e. The van der Waals surface area contributed by atoms with Crippen molar-refractivity contribution in [3.63, 3.8) is 0 Å². The van der Waals surface area contributed by atoms with Crippen molar-refractivity contribution in [1.29, 1.82) is 0 Å². The Kier molecular flexibility index (Phi) is 8.14. The van der Waals surface area contributed by atoms with E-state index in [9.17, 15) is 18.4 Å². The topological polar surface area (TPSA) is 96.7 Å². The summed E-state index contributed by atoms with van der Waals surface area (Å²) < 4.78 is 38.2. The number of carbonyl (C=O) groups excluding carboxylic acids is 2. The van der Waals surface area contributed by atoms with E-state index in [0.29, 0.717) is 25.6 Å². The van der Waals surface area contributed by atoms with E-state index < -0.39 is 23.5 Å². The molecule has 2 aliphatic heterocycles. The SMILES string of the molecule is O=C(N[C@@H]1CCN(C2CCCCC2)C[C@H]1C(=O)NCC1CCCO1)c1cc(-c2ccc(F)cc2F)on1. The maximum atomic E-state index is 14.1. The van der Waals surface area contributed by atoms with E-state index in [1.54, 1.807) is 0 Å². The van der Waals surface area contributed by atoms with Crippen LogP contribution in [0, 0.1) is 17.6 Å². The van der Waals surface area contributed by atoms with Gasteiger partial charge in [-0.15, -0.1) is 0 Å². The summed E-state index contributed by atoms with van der Waals surface area (Å²) in [6.07, 6.45) is 8.57. The average molecular weight is 517 g/mol. The summed E-state index contributed by atoms with van der Waals surface area (Å²) in [5.74, 6) is -2.48. The number of likely N-dealkylation sites (tertiary alicyclic amines) is 1. The normalized spacial score (nSPS) is 25.2. The van der Waals surface area contributed by atoms with Crippen molar-refractivity contribution in [2.24, 2.45) is 5.92 Å². The summed E-state index contributed by atoms with van der Waals surface area (Å²) in [5, 5.41) is 9.81. The van der Waals surface area contributed by atoms with Gasteiger partial charge in [-0.25, -0.2) is 8.78 Å². The van der Waals surface area contributed by atoms with Crippen molar-refractivity contribution in [2.45, 2.75) is 69.6 Å². The van der Waals surface area contributed by atoms with Crippen molar-refractivity contribution in [2.75, 3.05) is 26.2 Å². The van der Waals surface area contributed by atoms with Crippen molar-refractivity contribution in [3.05, 3.63) is 41.6 Å². The van der Waals surface area contributed by atoms with Crippen LogP contribution in [0.15, 0.2) is 28.8 Å². The molecule has 2 aromatic rings. The van der Waals surface area contributed by atoms with Gasteiger partial charge >= 0.3 is 0 Å². The average Bonchev–Trinajstić information content (AvgIpc) is 3.61. The number of rotatable bonds is 7. The summed E-state index contributed by atoms with van der Waals surface area (Å²) in [7, 11) is 0. The van der Waals surface area contributed by atoms with Crippen LogP contribution in [0.1, 0.15) is 61.9 Å². The highest BCUT2D eigenvalue weighted by molar-refractivity contribution is 5.94. The molecule has 3 atom stereocenters. The molecule has 3 aliphatic rings. The van der Waals surface area contributed by atoms with Gasteiger partial charge in [-0.1, -0.05) is 24.4 Å². The lowest BCUT2D eigenvalue weighted by Gasteiger charge is -2.43. The molecule has 1 unspecified atom stereocenters. The Morgan fingerprint density at radius 1 is 1.05 bits per heavy atom. The molecule has 3 fully saturated rings.